The molecule has 204 valence electrons. The van der Waals surface area contributed by atoms with Crippen molar-refractivity contribution in [3.05, 3.63) is 64.2 Å². The first-order valence-corrected chi connectivity index (χ1v) is 13.5. The highest BCUT2D eigenvalue weighted by Crippen LogP contribution is 2.30. The molecule has 1 unspecified atom stereocenters. The number of carbonyl (C=O) groups excluding carboxylic acids is 1. The van der Waals surface area contributed by atoms with E-state index < -0.39 is 5.76 Å². The second kappa shape index (κ2) is 10.8. The van der Waals surface area contributed by atoms with E-state index in [1.165, 1.54) is 4.68 Å². The molecule has 0 radical (unpaired) electrons. The van der Waals surface area contributed by atoms with Crippen molar-refractivity contribution in [2.24, 2.45) is 7.05 Å². The molecular formula is C27H29F2N7O2S. The quantitative estimate of drug-likeness (QED) is 0.335. The molecule has 1 fully saturated rings. The maximum Gasteiger partial charge on any atom is 0.288 e. The summed E-state index contributed by atoms with van der Waals surface area (Å²) in [5.41, 5.74) is 3.14. The van der Waals surface area contributed by atoms with Crippen LogP contribution >= 0.6 is 11.8 Å². The topological polar surface area (TPSA) is 89.2 Å². The highest BCUT2D eigenvalue weighted by Gasteiger charge is 2.26. The lowest BCUT2D eigenvalue weighted by Gasteiger charge is -2.39. The summed E-state index contributed by atoms with van der Waals surface area (Å²) in [6, 6.07) is 8.87. The van der Waals surface area contributed by atoms with Gasteiger partial charge in [-0.2, -0.15) is 8.78 Å². The van der Waals surface area contributed by atoms with Crippen LogP contribution in [0.4, 0.5) is 14.7 Å². The van der Waals surface area contributed by atoms with Crippen LogP contribution in [0.1, 0.15) is 25.0 Å². The number of halogens is 2. The van der Waals surface area contributed by atoms with Crippen molar-refractivity contribution in [2.45, 2.75) is 44.0 Å². The van der Waals surface area contributed by atoms with Gasteiger partial charge in [-0.15, -0.1) is 0 Å². The van der Waals surface area contributed by atoms with Crippen LogP contribution < -0.4 is 10.5 Å². The van der Waals surface area contributed by atoms with Gasteiger partial charge in [0, 0.05) is 62.5 Å². The Labute approximate surface area is 228 Å². The molecule has 4 aromatic rings. The monoisotopic (exact) mass is 553 g/mol. The first-order valence-electron chi connectivity index (χ1n) is 12.6. The van der Waals surface area contributed by atoms with Crippen LogP contribution in [-0.4, -0.2) is 66.6 Å². The summed E-state index contributed by atoms with van der Waals surface area (Å²) >= 11 is 0.491. The Morgan fingerprint density at radius 1 is 1.15 bits per heavy atom. The van der Waals surface area contributed by atoms with Crippen molar-refractivity contribution in [3.63, 3.8) is 0 Å². The molecule has 1 atom stereocenters. The molecule has 1 saturated heterocycles. The largest absolute Gasteiger partial charge is 0.337 e. The number of carbonyl (C=O) groups is 1. The lowest BCUT2D eigenvalue weighted by Crippen LogP contribution is -2.53. The second-order valence-corrected chi connectivity index (χ2v) is 10.8. The van der Waals surface area contributed by atoms with E-state index in [1.807, 2.05) is 24.8 Å². The van der Waals surface area contributed by atoms with Gasteiger partial charge in [-0.05, 0) is 37.6 Å². The molecule has 0 N–H and O–H groups in total. The van der Waals surface area contributed by atoms with Gasteiger partial charge in [-0.25, -0.2) is 15.0 Å². The maximum absolute atomic E-state index is 13.2. The van der Waals surface area contributed by atoms with Crippen molar-refractivity contribution in [1.82, 2.24) is 29.2 Å². The van der Waals surface area contributed by atoms with Crippen molar-refractivity contribution in [1.29, 1.82) is 0 Å². The zero-order chi connectivity index (χ0) is 27.8. The van der Waals surface area contributed by atoms with Crippen LogP contribution in [-0.2, 0) is 18.4 Å². The minimum Gasteiger partial charge on any atom is -0.337 e. The molecule has 4 heterocycles. The maximum atomic E-state index is 13.2. The molecule has 1 aromatic carbocycles. The van der Waals surface area contributed by atoms with Crippen LogP contribution in [0.25, 0.3) is 22.3 Å². The Bertz CT molecular complexity index is 1590. The van der Waals surface area contributed by atoms with Gasteiger partial charge in [0.1, 0.15) is 0 Å². The molecule has 1 aliphatic heterocycles. The number of alkyl halides is 2. The molecule has 39 heavy (non-hydrogen) atoms. The first-order chi connectivity index (χ1) is 18.6. The summed E-state index contributed by atoms with van der Waals surface area (Å²) in [6.07, 6.45) is 3.39. The first kappa shape index (κ1) is 26.8. The fourth-order valence-corrected chi connectivity index (χ4v) is 5.62. The number of fused-ring (bicyclic) bond motifs is 1. The van der Waals surface area contributed by atoms with Gasteiger partial charge in [0.15, 0.2) is 5.65 Å². The Kier molecular flexibility index (Phi) is 7.39. The fraction of sp³-hybridized carbons (Fsp3) is 0.370. The van der Waals surface area contributed by atoms with Gasteiger partial charge in [0.2, 0.25) is 11.9 Å². The third-order valence-electron chi connectivity index (χ3n) is 7.01. The molecule has 9 nitrogen and oxygen atoms in total. The fourth-order valence-electron chi connectivity index (χ4n) is 5.01. The SMILES string of the molecule is CC(=O)N1CCN(c2ncc(-c3ccc4c(=O)n(C)n(Cc5cc(C)ccc5SC(F)F)c4n3)cn2)CC1C. The number of aromatic nitrogens is 5. The average Bonchev–Trinajstić information content (AvgIpc) is 3.14. The number of amides is 1. The molecule has 5 rings (SSSR count). The third-order valence-corrected chi connectivity index (χ3v) is 7.84. The highest BCUT2D eigenvalue weighted by molar-refractivity contribution is 7.99. The molecule has 0 aliphatic carbocycles. The molecule has 12 heteroatoms. The Morgan fingerprint density at radius 2 is 1.90 bits per heavy atom. The number of hydrogen-bond acceptors (Lipinski definition) is 7. The summed E-state index contributed by atoms with van der Waals surface area (Å²) in [5.74, 6) is -1.91. The number of anilines is 1. The number of rotatable bonds is 6. The van der Waals surface area contributed by atoms with E-state index in [9.17, 15) is 18.4 Å². The van der Waals surface area contributed by atoms with Crippen LogP contribution in [0.3, 0.4) is 0 Å². The van der Waals surface area contributed by atoms with Crippen LogP contribution in [0.15, 0.2) is 52.4 Å². The van der Waals surface area contributed by atoms with Gasteiger partial charge in [0.25, 0.3) is 11.3 Å². The minimum absolute atomic E-state index is 0.0608. The standard InChI is InChI=1S/C27H29F2N7O2S/c1-16-5-8-23(39-26(28)29)19(11-16)15-36-24-21(25(38)33(36)4)6-7-22(32-24)20-12-30-27(31-13-20)34-9-10-35(18(3)37)17(2)14-34/h5-8,11-13,17,26H,9-10,14-15H2,1-4H3. The Morgan fingerprint density at radius 3 is 2.56 bits per heavy atom. The predicted octanol–water partition coefficient (Wildman–Crippen LogP) is 3.92. The van der Waals surface area contributed by atoms with Gasteiger partial charge in [-0.3, -0.25) is 19.0 Å². The van der Waals surface area contributed by atoms with E-state index in [4.69, 9.17) is 4.98 Å². The molecule has 0 saturated carbocycles. The third kappa shape index (κ3) is 5.38. The van der Waals surface area contributed by atoms with E-state index >= 15 is 0 Å². The number of nitrogens with zero attached hydrogens (tertiary/aromatic N) is 7. The summed E-state index contributed by atoms with van der Waals surface area (Å²) in [4.78, 5) is 43.0. The minimum atomic E-state index is -2.55. The van der Waals surface area contributed by atoms with Crippen molar-refractivity contribution in [2.75, 3.05) is 24.5 Å². The Balaban J connectivity index is 1.45. The second-order valence-electron chi connectivity index (χ2n) is 9.72. The van der Waals surface area contributed by atoms with E-state index in [-0.39, 0.29) is 24.1 Å². The molecule has 0 spiro atoms. The summed E-state index contributed by atoms with van der Waals surface area (Å²) in [5, 5.41) is 0.437. The van der Waals surface area contributed by atoms with Gasteiger partial charge < -0.3 is 9.80 Å². The van der Waals surface area contributed by atoms with E-state index in [1.54, 1.807) is 55.3 Å². The summed E-state index contributed by atoms with van der Waals surface area (Å²) < 4.78 is 29.5. The van der Waals surface area contributed by atoms with Crippen molar-refractivity contribution in [3.8, 4) is 11.3 Å². The lowest BCUT2D eigenvalue weighted by molar-refractivity contribution is -0.131. The summed E-state index contributed by atoms with van der Waals surface area (Å²) in [7, 11) is 1.64. The van der Waals surface area contributed by atoms with Crippen molar-refractivity contribution < 1.29 is 13.6 Å². The number of benzene rings is 1. The van der Waals surface area contributed by atoms with Crippen LogP contribution in [0.5, 0.6) is 0 Å². The highest BCUT2D eigenvalue weighted by atomic mass is 32.2. The smallest absolute Gasteiger partial charge is 0.288 e. The normalized spacial score (nSPS) is 15.9. The predicted molar refractivity (Wildman–Crippen MR) is 147 cm³/mol. The number of aryl methyl sites for hydroxylation is 1. The summed E-state index contributed by atoms with van der Waals surface area (Å²) in [6.45, 7) is 7.60. The zero-order valence-corrected chi connectivity index (χ0v) is 23.0. The molecule has 3 aromatic heterocycles. The lowest BCUT2D eigenvalue weighted by atomic mass is 10.1. The van der Waals surface area contributed by atoms with Gasteiger partial charge >= 0.3 is 0 Å². The number of hydrogen-bond donors (Lipinski definition) is 0. The van der Waals surface area contributed by atoms with E-state index in [2.05, 4.69) is 14.9 Å². The zero-order valence-electron chi connectivity index (χ0n) is 22.1. The average molecular weight is 554 g/mol. The van der Waals surface area contributed by atoms with Crippen molar-refractivity contribution >= 4 is 34.7 Å². The van der Waals surface area contributed by atoms with Gasteiger partial charge in [0.05, 0.1) is 17.6 Å². The number of pyridine rings is 1. The molecule has 1 aliphatic rings. The molecular weight excluding hydrogens is 524 g/mol. The Hall–Kier alpha value is -3.80. The molecule has 0 bridgehead atoms. The van der Waals surface area contributed by atoms with E-state index in [0.29, 0.717) is 70.1 Å². The number of piperazine rings is 1. The van der Waals surface area contributed by atoms with Crippen LogP contribution in [0, 0.1) is 6.92 Å². The molecule has 1 amide bonds. The van der Waals surface area contributed by atoms with Crippen LogP contribution in [0.2, 0.25) is 0 Å². The van der Waals surface area contributed by atoms with Gasteiger partial charge in [-0.1, -0.05) is 29.5 Å². The van der Waals surface area contributed by atoms with E-state index in [0.717, 1.165) is 5.56 Å². The number of thioether (sulfide) groups is 1.